The van der Waals surface area contributed by atoms with Crippen LogP contribution < -0.4 is 0 Å². The first-order valence-electron chi connectivity index (χ1n) is 5.87. The highest BCUT2D eigenvalue weighted by Gasteiger charge is 2.18. The summed E-state index contributed by atoms with van der Waals surface area (Å²) in [4.78, 5) is 11.3. The third-order valence-corrected chi connectivity index (χ3v) is 8.56. The molecule has 1 rings (SSSR count). The minimum absolute atomic E-state index is 0.371. The quantitative estimate of drug-likeness (QED) is 0.558. The van der Waals surface area contributed by atoms with Gasteiger partial charge in [0.25, 0.3) is 0 Å². The van der Waals surface area contributed by atoms with Gasteiger partial charge in [0.05, 0.1) is 0 Å². The summed E-state index contributed by atoms with van der Waals surface area (Å²) >= 11 is 0. The molecular weight excluding hydrogens is 220 g/mol. The number of hydrazone groups is 1. The summed E-state index contributed by atoms with van der Waals surface area (Å²) in [7, 11) is -1.68. The van der Waals surface area contributed by atoms with E-state index in [-0.39, 0.29) is 0 Å². The van der Waals surface area contributed by atoms with E-state index in [4.69, 9.17) is 5.10 Å². The molecule has 5 heteroatoms. The Balaban J connectivity index is 2.69. The summed E-state index contributed by atoms with van der Waals surface area (Å²) in [6.45, 7) is 9.23. The van der Waals surface area contributed by atoms with Crippen LogP contribution >= 0.6 is 0 Å². The maximum atomic E-state index is 11.3. The predicted octanol–water partition coefficient (Wildman–Crippen LogP) is 1.75. The van der Waals surface area contributed by atoms with E-state index in [0.29, 0.717) is 12.2 Å². The van der Waals surface area contributed by atoms with Crippen molar-refractivity contribution in [3.63, 3.8) is 0 Å². The van der Waals surface area contributed by atoms with Crippen LogP contribution in [0, 0.1) is 0 Å². The molecule has 0 aromatic heterocycles. The highest BCUT2D eigenvalue weighted by molar-refractivity contribution is 6.69. The van der Waals surface area contributed by atoms with E-state index < -0.39 is 17.9 Å². The van der Waals surface area contributed by atoms with E-state index in [1.54, 1.807) is 0 Å². The first-order chi connectivity index (χ1) is 7.00. The summed E-state index contributed by atoms with van der Waals surface area (Å²) in [5.41, 5.74) is 1.13. The second kappa shape index (κ2) is 5.60. The zero-order chi connectivity index (χ0) is 11.4. The van der Waals surface area contributed by atoms with Gasteiger partial charge in [-0.05, 0) is 12.8 Å². The number of nitrogens with zero attached hydrogens (tertiary/aromatic N) is 2. The zero-order valence-electron chi connectivity index (χ0n) is 10.3. The van der Waals surface area contributed by atoms with Gasteiger partial charge in [0, 0.05) is 18.6 Å². The van der Waals surface area contributed by atoms with Crippen molar-refractivity contribution in [2.24, 2.45) is 5.10 Å². The van der Waals surface area contributed by atoms with Crippen molar-refractivity contribution >= 4 is 29.4 Å². The molecule has 0 unspecified atom stereocenters. The van der Waals surface area contributed by atoms with Crippen LogP contribution in [0.1, 0.15) is 25.7 Å². The molecule has 1 aliphatic rings. The second-order valence-corrected chi connectivity index (χ2v) is 10.8. The van der Waals surface area contributed by atoms with E-state index >= 15 is 0 Å². The molecule has 0 bridgehead atoms. The van der Waals surface area contributed by atoms with Crippen molar-refractivity contribution < 1.29 is 4.79 Å². The molecule has 0 spiro atoms. The van der Waals surface area contributed by atoms with E-state index in [1.165, 1.54) is 0 Å². The van der Waals surface area contributed by atoms with Crippen molar-refractivity contribution in [3.05, 3.63) is 0 Å². The van der Waals surface area contributed by atoms with E-state index in [2.05, 4.69) is 30.5 Å². The molecule has 1 saturated carbocycles. The molecule has 0 aromatic carbocycles. The molecule has 1 fully saturated rings. The van der Waals surface area contributed by atoms with Gasteiger partial charge in [-0.15, -0.1) is 0 Å². The molecule has 3 nitrogen and oxygen atoms in total. The molecule has 1 aliphatic carbocycles. The van der Waals surface area contributed by atoms with Gasteiger partial charge >= 0.3 is 0 Å². The van der Waals surface area contributed by atoms with Gasteiger partial charge in [-0.25, -0.2) is 5.10 Å². The average Bonchev–Trinajstić information content (AvgIpc) is 2.13. The Kier molecular flexibility index (Phi) is 4.72. The number of carbonyl (C=O) groups excluding carboxylic acids is 1. The molecule has 0 heterocycles. The molecule has 0 saturated heterocycles. The number of rotatable bonds is 3. The van der Waals surface area contributed by atoms with Crippen LogP contribution in [0.15, 0.2) is 5.10 Å². The topological polar surface area (TPSA) is 32.7 Å². The average molecular weight is 242 g/mol. The predicted molar refractivity (Wildman–Crippen MR) is 70.5 cm³/mol. The number of ketones is 1. The fourth-order valence-electron chi connectivity index (χ4n) is 1.97. The molecule has 15 heavy (non-hydrogen) atoms. The van der Waals surface area contributed by atoms with Gasteiger partial charge in [0.2, 0.25) is 0 Å². The lowest BCUT2D eigenvalue weighted by atomic mass is 9.97. The number of Topliss-reactive ketones (excluding diaryl/α,β-unsaturated/α-hetero) is 1. The minimum atomic E-state index is -0.838. The second-order valence-electron chi connectivity index (χ2n) is 4.80. The van der Waals surface area contributed by atoms with E-state index in [1.807, 2.05) is 0 Å². The van der Waals surface area contributed by atoms with Gasteiger partial charge in [0.15, 0.2) is 0 Å². The molecule has 0 radical (unpaired) electrons. The molecule has 0 atom stereocenters. The molecule has 0 aromatic rings. The standard InChI is InChI=1S/C10H22N2OSi2/c1-14(2)12(15(3)4)11-9-6-5-7-10(13)8-9/h14-15H,5-8H2,1-4H3. The summed E-state index contributed by atoms with van der Waals surface area (Å²) in [5, 5.41) is 4.74. The van der Waals surface area contributed by atoms with Crippen LogP contribution in [0.3, 0.4) is 0 Å². The molecule has 0 aliphatic heterocycles. The number of hydrogen-bond acceptors (Lipinski definition) is 3. The third kappa shape index (κ3) is 3.91. The lowest BCUT2D eigenvalue weighted by molar-refractivity contribution is -0.118. The number of carbonyl (C=O) groups is 1. The smallest absolute Gasteiger partial charge is 0.144 e. The monoisotopic (exact) mass is 242 g/mol. The Bertz CT molecular complexity index is 256. The van der Waals surface area contributed by atoms with Crippen molar-refractivity contribution in [1.29, 1.82) is 0 Å². The fraction of sp³-hybridized carbons (Fsp3) is 0.800. The first-order valence-corrected chi connectivity index (χ1v) is 11.5. The summed E-state index contributed by atoms with van der Waals surface area (Å²) < 4.78 is 2.37. The van der Waals surface area contributed by atoms with Crippen molar-refractivity contribution in [1.82, 2.24) is 4.34 Å². The minimum Gasteiger partial charge on any atom is -0.355 e. The molecule has 0 amide bonds. The van der Waals surface area contributed by atoms with Crippen molar-refractivity contribution in [2.75, 3.05) is 0 Å². The van der Waals surface area contributed by atoms with Crippen molar-refractivity contribution in [3.8, 4) is 0 Å². The van der Waals surface area contributed by atoms with Gasteiger partial charge in [-0.2, -0.15) is 0 Å². The highest BCUT2D eigenvalue weighted by Crippen LogP contribution is 2.14. The lowest BCUT2D eigenvalue weighted by Gasteiger charge is -2.28. The van der Waals surface area contributed by atoms with Crippen LogP contribution in [0.5, 0.6) is 0 Å². The summed E-state index contributed by atoms with van der Waals surface area (Å²) in [6.07, 6.45) is 3.41. The summed E-state index contributed by atoms with van der Waals surface area (Å²) in [5.74, 6) is 0.371. The maximum absolute atomic E-state index is 11.3. The Morgan fingerprint density at radius 3 is 2.20 bits per heavy atom. The van der Waals surface area contributed by atoms with E-state index in [9.17, 15) is 4.79 Å². The zero-order valence-corrected chi connectivity index (χ0v) is 12.6. The van der Waals surface area contributed by atoms with Crippen LogP contribution in [0.4, 0.5) is 0 Å². The Morgan fingerprint density at radius 2 is 1.73 bits per heavy atom. The molecule has 0 N–H and O–H groups in total. The highest BCUT2D eigenvalue weighted by atomic mass is 28.3. The summed E-state index contributed by atoms with van der Waals surface area (Å²) in [6, 6.07) is 0. The molecule has 86 valence electrons. The van der Waals surface area contributed by atoms with E-state index in [0.717, 1.165) is 25.0 Å². The first kappa shape index (κ1) is 12.6. The van der Waals surface area contributed by atoms with Gasteiger partial charge < -0.3 is 4.34 Å². The normalized spacial score (nSPS) is 20.4. The van der Waals surface area contributed by atoms with Crippen LogP contribution in [0.25, 0.3) is 0 Å². The maximum Gasteiger partial charge on any atom is 0.144 e. The van der Waals surface area contributed by atoms with Crippen molar-refractivity contribution in [2.45, 2.75) is 51.9 Å². The Morgan fingerprint density at radius 1 is 1.13 bits per heavy atom. The number of hydrogen-bond donors (Lipinski definition) is 0. The van der Waals surface area contributed by atoms with Gasteiger partial charge in [-0.3, -0.25) is 4.79 Å². The Labute approximate surface area is 95.9 Å². The lowest BCUT2D eigenvalue weighted by Crippen LogP contribution is -2.40. The van der Waals surface area contributed by atoms with Crippen LogP contribution in [-0.2, 0) is 4.79 Å². The van der Waals surface area contributed by atoms with Crippen LogP contribution in [-0.4, -0.2) is 33.8 Å². The third-order valence-electron chi connectivity index (χ3n) is 2.64. The Hall–Kier alpha value is -0.426. The fourth-order valence-corrected chi connectivity index (χ4v) is 7.53. The SMILES string of the molecule is C[SiH](C)N(N=C1CCCC(=O)C1)[SiH](C)C. The van der Waals surface area contributed by atoms with Gasteiger partial charge in [0.1, 0.15) is 23.7 Å². The largest absolute Gasteiger partial charge is 0.355 e. The van der Waals surface area contributed by atoms with Gasteiger partial charge in [-0.1, -0.05) is 26.2 Å². The molecular formula is C10H22N2OSi2. The van der Waals surface area contributed by atoms with Crippen LogP contribution in [0.2, 0.25) is 26.2 Å².